The van der Waals surface area contributed by atoms with Gasteiger partial charge in [0.25, 0.3) is 0 Å². The van der Waals surface area contributed by atoms with Crippen molar-refractivity contribution in [3.63, 3.8) is 0 Å². The molecule has 1 aliphatic rings. The zero-order valence-corrected chi connectivity index (χ0v) is 7.79. The summed E-state index contributed by atoms with van der Waals surface area (Å²) in [4.78, 5) is 10.9. The maximum atomic E-state index is 12.1. The number of Topliss-reactive ketones (excluding diaryl/α,β-unsaturated/α-hetero) is 1. The van der Waals surface area contributed by atoms with E-state index in [4.69, 9.17) is 0 Å². The van der Waals surface area contributed by atoms with Crippen molar-refractivity contribution in [1.82, 2.24) is 0 Å². The fourth-order valence-electron chi connectivity index (χ4n) is 1.76. The van der Waals surface area contributed by atoms with Crippen molar-refractivity contribution in [2.75, 3.05) is 0 Å². The Bertz CT molecular complexity index is 369. The third-order valence-electron chi connectivity index (χ3n) is 2.63. The van der Waals surface area contributed by atoms with E-state index in [0.29, 0.717) is 6.42 Å². The van der Waals surface area contributed by atoms with E-state index in [1.54, 1.807) is 30.3 Å². The van der Waals surface area contributed by atoms with E-state index < -0.39 is 17.9 Å². The monoisotopic (exact) mass is 214 g/mol. The van der Waals surface area contributed by atoms with Gasteiger partial charge >= 0.3 is 6.18 Å². The number of hydrogen-bond donors (Lipinski definition) is 0. The molecular weight excluding hydrogens is 205 g/mol. The molecule has 0 N–H and O–H groups in total. The van der Waals surface area contributed by atoms with Crippen molar-refractivity contribution in [2.45, 2.75) is 18.5 Å². The van der Waals surface area contributed by atoms with Crippen LogP contribution in [0, 0.1) is 5.92 Å². The summed E-state index contributed by atoms with van der Waals surface area (Å²) in [5.74, 6) is -2.68. The summed E-state index contributed by atoms with van der Waals surface area (Å²) >= 11 is 0. The molecule has 15 heavy (non-hydrogen) atoms. The second-order valence-corrected chi connectivity index (χ2v) is 3.72. The summed E-state index contributed by atoms with van der Waals surface area (Å²) in [6.45, 7) is 0. The van der Waals surface area contributed by atoms with Crippen LogP contribution in [0.1, 0.15) is 17.9 Å². The van der Waals surface area contributed by atoms with Gasteiger partial charge in [-0.25, -0.2) is 0 Å². The number of alkyl halides is 3. The summed E-state index contributed by atoms with van der Waals surface area (Å²) in [5.41, 5.74) is 0.820. The number of ketones is 1. The number of hydrogen-bond acceptors (Lipinski definition) is 1. The molecule has 2 atom stereocenters. The summed E-state index contributed by atoms with van der Waals surface area (Å²) in [5, 5.41) is 0. The zero-order chi connectivity index (χ0) is 11.1. The largest absolute Gasteiger partial charge is 0.450 e. The van der Waals surface area contributed by atoms with E-state index >= 15 is 0 Å². The first-order valence-corrected chi connectivity index (χ1v) is 4.66. The average molecular weight is 214 g/mol. The minimum Gasteiger partial charge on any atom is -0.289 e. The van der Waals surface area contributed by atoms with Gasteiger partial charge in [-0.15, -0.1) is 0 Å². The van der Waals surface area contributed by atoms with Crippen molar-refractivity contribution in [3.05, 3.63) is 35.9 Å². The highest BCUT2D eigenvalue weighted by molar-refractivity contribution is 5.89. The molecule has 0 radical (unpaired) electrons. The lowest BCUT2D eigenvalue weighted by Gasteiger charge is -2.04. The lowest BCUT2D eigenvalue weighted by molar-refractivity contribution is -0.172. The molecule has 1 nitrogen and oxygen atoms in total. The molecule has 0 spiro atoms. The maximum absolute atomic E-state index is 12.1. The van der Waals surface area contributed by atoms with Gasteiger partial charge < -0.3 is 0 Å². The summed E-state index contributed by atoms with van der Waals surface area (Å²) in [6.07, 6.45) is -4.36. The Morgan fingerprint density at radius 2 is 1.80 bits per heavy atom. The third-order valence-corrected chi connectivity index (χ3v) is 2.63. The van der Waals surface area contributed by atoms with Crippen LogP contribution in [0.25, 0.3) is 0 Å². The van der Waals surface area contributed by atoms with Crippen LogP contribution in [0.5, 0.6) is 0 Å². The van der Waals surface area contributed by atoms with Crippen LogP contribution in [-0.4, -0.2) is 12.0 Å². The SMILES string of the molecule is O=C([C@@H]1C[C@H]1c1ccccc1)C(F)(F)F. The number of halogens is 3. The van der Waals surface area contributed by atoms with Gasteiger partial charge in [0.15, 0.2) is 0 Å². The highest BCUT2D eigenvalue weighted by Crippen LogP contribution is 2.50. The molecule has 1 fully saturated rings. The number of carbonyl (C=O) groups excluding carboxylic acids is 1. The van der Waals surface area contributed by atoms with Crippen LogP contribution in [0.15, 0.2) is 30.3 Å². The summed E-state index contributed by atoms with van der Waals surface area (Å²) in [7, 11) is 0. The van der Waals surface area contributed by atoms with E-state index in [1.165, 1.54) is 0 Å². The second kappa shape index (κ2) is 3.36. The lowest BCUT2D eigenvalue weighted by atomic mass is 10.1. The molecule has 1 aromatic carbocycles. The summed E-state index contributed by atoms with van der Waals surface area (Å²) < 4.78 is 36.2. The van der Waals surface area contributed by atoms with E-state index in [9.17, 15) is 18.0 Å². The normalized spacial score (nSPS) is 25.0. The van der Waals surface area contributed by atoms with Crippen molar-refractivity contribution in [3.8, 4) is 0 Å². The Kier molecular flexibility index (Phi) is 2.29. The smallest absolute Gasteiger partial charge is 0.289 e. The molecule has 0 heterocycles. The first-order chi connectivity index (χ1) is 7.00. The molecule has 0 saturated heterocycles. The lowest BCUT2D eigenvalue weighted by Crippen LogP contribution is -2.24. The fourth-order valence-corrected chi connectivity index (χ4v) is 1.76. The molecule has 0 aliphatic heterocycles. The van der Waals surface area contributed by atoms with Gasteiger partial charge in [0, 0.05) is 5.92 Å². The minimum atomic E-state index is -4.69. The zero-order valence-electron chi connectivity index (χ0n) is 7.79. The Hall–Kier alpha value is -1.32. The van der Waals surface area contributed by atoms with Gasteiger partial charge in [0.1, 0.15) is 0 Å². The van der Waals surface area contributed by atoms with Gasteiger partial charge in [-0.05, 0) is 17.9 Å². The molecule has 1 aromatic rings. The van der Waals surface area contributed by atoms with E-state index in [2.05, 4.69) is 0 Å². The number of benzene rings is 1. The highest BCUT2D eigenvalue weighted by atomic mass is 19.4. The molecule has 1 aliphatic carbocycles. The van der Waals surface area contributed by atoms with Crippen LogP contribution in [0.4, 0.5) is 13.2 Å². The third kappa shape index (κ3) is 2.03. The molecule has 0 aromatic heterocycles. The van der Waals surface area contributed by atoms with E-state index in [-0.39, 0.29) is 5.92 Å². The molecule has 0 unspecified atom stereocenters. The molecule has 80 valence electrons. The van der Waals surface area contributed by atoms with E-state index in [1.807, 2.05) is 0 Å². The Morgan fingerprint density at radius 3 is 2.33 bits per heavy atom. The second-order valence-electron chi connectivity index (χ2n) is 3.72. The van der Waals surface area contributed by atoms with E-state index in [0.717, 1.165) is 5.56 Å². The van der Waals surface area contributed by atoms with Crippen molar-refractivity contribution in [2.24, 2.45) is 5.92 Å². The fraction of sp³-hybridized carbons (Fsp3) is 0.364. The number of carbonyl (C=O) groups is 1. The predicted molar refractivity (Wildman–Crippen MR) is 48.4 cm³/mol. The topological polar surface area (TPSA) is 17.1 Å². The molecule has 4 heteroatoms. The first-order valence-electron chi connectivity index (χ1n) is 4.66. The molecule has 0 amide bonds. The van der Waals surface area contributed by atoms with Gasteiger partial charge in [0.05, 0.1) is 0 Å². The van der Waals surface area contributed by atoms with Crippen LogP contribution >= 0.6 is 0 Å². The van der Waals surface area contributed by atoms with Gasteiger partial charge in [-0.2, -0.15) is 13.2 Å². The maximum Gasteiger partial charge on any atom is 0.450 e. The standard InChI is InChI=1S/C11H9F3O/c12-11(13,14)10(15)9-6-8(9)7-4-2-1-3-5-7/h1-5,8-9H,6H2/t8-,9+/m0/s1. The Labute approximate surface area is 84.9 Å². The van der Waals surface area contributed by atoms with Crippen LogP contribution in [0.2, 0.25) is 0 Å². The molecular formula is C11H9F3O. The Morgan fingerprint density at radius 1 is 1.20 bits per heavy atom. The van der Waals surface area contributed by atoms with Gasteiger partial charge in [0.2, 0.25) is 5.78 Å². The van der Waals surface area contributed by atoms with Crippen LogP contribution in [-0.2, 0) is 4.79 Å². The Balaban J connectivity index is 2.06. The minimum absolute atomic E-state index is 0.236. The summed E-state index contributed by atoms with van der Waals surface area (Å²) in [6, 6.07) is 8.85. The van der Waals surface area contributed by atoms with Gasteiger partial charge in [-0.3, -0.25) is 4.79 Å². The van der Waals surface area contributed by atoms with Crippen molar-refractivity contribution >= 4 is 5.78 Å². The van der Waals surface area contributed by atoms with Crippen molar-refractivity contribution in [1.29, 1.82) is 0 Å². The predicted octanol–water partition coefficient (Wildman–Crippen LogP) is 2.92. The first kappa shape index (κ1) is 10.2. The van der Waals surface area contributed by atoms with Crippen molar-refractivity contribution < 1.29 is 18.0 Å². The molecule has 1 saturated carbocycles. The van der Waals surface area contributed by atoms with Crippen LogP contribution < -0.4 is 0 Å². The number of rotatable bonds is 2. The van der Waals surface area contributed by atoms with Crippen LogP contribution in [0.3, 0.4) is 0 Å². The van der Waals surface area contributed by atoms with Gasteiger partial charge in [-0.1, -0.05) is 30.3 Å². The molecule has 2 rings (SSSR count). The highest BCUT2D eigenvalue weighted by Gasteiger charge is 2.54. The average Bonchev–Trinajstić information content (AvgIpc) is 2.96. The quantitative estimate of drug-likeness (QED) is 0.739. The molecule has 0 bridgehead atoms.